The molecule has 3 amide bonds. The normalized spacial score (nSPS) is 26.5. The molecule has 2 aliphatic carbocycles. The SMILES string of the molecule is C=CC1=CC2=C3CC1=CC=C3N(C1CCC(=O)NC1=O)C2=O. The van der Waals surface area contributed by atoms with Crippen LogP contribution in [0.1, 0.15) is 19.3 Å². The number of nitrogens with one attached hydrogen (secondary N) is 1. The number of amides is 3. The van der Waals surface area contributed by atoms with Crippen LogP contribution in [0.2, 0.25) is 0 Å². The Morgan fingerprint density at radius 1 is 1.27 bits per heavy atom. The molecule has 110 valence electrons. The van der Waals surface area contributed by atoms with Gasteiger partial charge in [-0.15, -0.1) is 0 Å². The van der Waals surface area contributed by atoms with Gasteiger partial charge in [-0.2, -0.15) is 0 Å². The molecule has 22 heavy (non-hydrogen) atoms. The van der Waals surface area contributed by atoms with Gasteiger partial charge >= 0.3 is 0 Å². The Kier molecular flexibility index (Phi) is 2.60. The maximum atomic E-state index is 12.8. The summed E-state index contributed by atoms with van der Waals surface area (Å²) < 4.78 is 0. The van der Waals surface area contributed by atoms with Crippen molar-refractivity contribution in [2.45, 2.75) is 25.3 Å². The van der Waals surface area contributed by atoms with Crippen molar-refractivity contribution in [1.82, 2.24) is 10.2 Å². The summed E-state index contributed by atoms with van der Waals surface area (Å²) in [4.78, 5) is 37.8. The minimum atomic E-state index is -0.613. The molecule has 4 aliphatic rings. The zero-order valence-corrected chi connectivity index (χ0v) is 11.9. The zero-order chi connectivity index (χ0) is 15.4. The van der Waals surface area contributed by atoms with Gasteiger partial charge in [-0.1, -0.05) is 18.7 Å². The van der Waals surface area contributed by atoms with Crippen LogP contribution >= 0.6 is 0 Å². The topological polar surface area (TPSA) is 66.5 Å². The monoisotopic (exact) mass is 294 g/mol. The molecule has 1 atom stereocenters. The number of allylic oxidation sites excluding steroid dienone is 6. The van der Waals surface area contributed by atoms with Crippen LogP contribution in [0.25, 0.3) is 0 Å². The van der Waals surface area contributed by atoms with E-state index in [2.05, 4.69) is 11.9 Å². The summed E-state index contributed by atoms with van der Waals surface area (Å²) in [6.45, 7) is 3.79. The summed E-state index contributed by atoms with van der Waals surface area (Å²) in [5.74, 6) is -0.836. The molecular weight excluding hydrogens is 280 g/mol. The van der Waals surface area contributed by atoms with E-state index in [9.17, 15) is 14.4 Å². The van der Waals surface area contributed by atoms with Crippen LogP contribution < -0.4 is 5.32 Å². The van der Waals surface area contributed by atoms with Crippen molar-refractivity contribution in [1.29, 1.82) is 0 Å². The number of nitrogens with zero attached hydrogens (tertiary/aromatic N) is 1. The van der Waals surface area contributed by atoms with E-state index in [4.69, 9.17) is 0 Å². The molecule has 0 radical (unpaired) electrons. The van der Waals surface area contributed by atoms with Crippen molar-refractivity contribution in [3.05, 3.63) is 58.9 Å². The van der Waals surface area contributed by atoms with Crippen molar-refractivity contribution in [3.8, 4) is 0 Å². The van der Waals surface area contributed by atoms with Crippen LogP contribution in [0.4, 0.5) is 0 Å². The highest BCUT2D eigenvalue weighted by atomic mass is 16.2. The summed E-state index contributed by atoms with van der Waals surface area (Å²) in [6.07, 6.45) is 8.76. The molecule has 0 saturated carbocycles. The summed E-state index contributed by atoms with van der Waals surface area (Å²) in [5.41, 5.74) is 4.49. The molecule has 4 rings (SSSR count). The standard InChI is InChI=1S/C17H14N2O3/c1-2-9-7-12-11-8-10(9)3-4-13(11)19(17(12)22)14-5-6-15(20)18-16(14)21/h2-4,7,14H,1,5-6,8H2,(H,18,20,21). The summed E-state index contributed by atoms with van der Waals surface area (Å²) in [6, 6.07) is -0.613. The van der Waals surface area contributed by atoms with E-state index >= 15 is 0 Å². The number of carbonyl (C=O) groups excluding carboxylic acids is 3. The predicted molar refractivity (Wildman–Crippen MR) is 79.1 cm³/mol. The zero-order valence-electron chi connectivity index (χ0n) is 11.9. The number of rotatable bonds is 2. The number of piperidine rings is 1. The first-order valence-corrected chi connectivity index (χ1v) is 7.26. The molecule has 0 aromatic heterocycles. The molecule has 1 unspecified atom stereocenters. The van der Waals surface area contributed by atoms with Gasteiger partial charge in [-0.05, 0) is 35.3 Å². The molecule has 0 aromatic rings. The smallest absolute Gasteiger partial charge is 0.259 e. The predicted octanol–water partition coefficient (Wildman–Crippen LogP) is 1.27. The molecule has 0 aromatic carbocycles. The lowest BCUT2D eigenvalue weighted by atomic mass is 9.85. The molecule has 1 fully saturated rings. The summed E-state index contributed by atoms with van der Waals surface area (Å²) in [5, 5.41) is 2.32. The molecule has 2 aliphatic heterocycles. The van der Waals surface area contributed by atoms with Gasteiger partial charge < -0.3 is 0 Å². The molecular formula is C17H14N2O3. The van der Waals surface area contributed by atoms with Crippen LogP contribution in [-0.2, 0) is 14.4 Å². The molecule has 2 heterocycles. The third kappa shape index (κ3) is 1.62. The van der Waals surface area contributed by atoms with Gasteiger partial charge in [0.1, 0.15) is 6.04 Å². The van der Waals surface area contributed by atoms with E-state index in [1.165, 1.54) is 0 Å². The first kappa shape index (κ1) is 13.0. The molecule has 5 heteroatoms. The Labute approximate surface area is 127 Å². The van der Waals surface area contributed by atoms with Crippen molar-refractivity contribution < 1.29 is 14.4 Å². The highest BCUT2D eigenvalue weighted by Crippen LogP contribution is 2.44. The van der Waals surface area contributed by atoms with Crippen molar-refractivity contribution in [3.63, 3.8) is 0 Å². The second kappa shape index (κ2) is 4.40. The maximum Gasteiger partial charge on any atom is 0.259 e. The second-order valence-corrected chi connectivity index (χ2v) is 5.76. The maximum absolute atomic E-state index is 12.8. The van der Waals surface area contributed by atoms with Gasteiger partial charge in [0.25, 0.3) is 5.91 Å². The Bertz CT molecular complexity index is 780. The third-order valence-corrected chi connectivity index (χ3v) is 4.56. The van der Waals surface area contributed by atoms with E-state index in [1.807, 2.05) is 18.2 Å². The number of hydrogen-bond donors (Lipinski definition) is 1. The van der Waals surface area contributed by atoms with E-state index in [-0.39, 0.29) is 18.2 Å². The van der Waals surface area contributed by atoms with Gasteiger partial charge in [0, 0.05) is 24.1 Å². The first-order valence-electron chi connectivity index (χ1n) is 7.26. The van der Waals surface area contributed by atoms with E-state index in [0.29, 0.717) is 18.4 Å². The molecule has 0 spiro atoms. The van der Waals surface area contributed by atoms with E-state index in [0.717, 1.165) is 22.4 Å². The van der Waals surface area contributed by atoms with Crippen molar-refractivity contribution >= 4 is 17.7 Å². The van der Waals surface area contributed by atoms with Gasteiger partial charge in [0.15, 0.2) is 0 Å². The van der Waals surface area contributed by atoms with Gasteiger partial charge in [-0.3, -0.25) is 24.6 Å². The summed E-state index contributed by atoms with van der Waals surface area (Å²) >= 11 is 0. The van der Waals surface area contributed by atoms with Crippen LogP contribution in [0.3, 0.4) is 0 Å². The minimum Gasteiger partial charge on any atom is -0.296 e. The Hall–Kier alpha value is -2.69. The molecule has 5 nitrogen and oxygen atoms in total. The fraction of sp³-hybridized carbons (Fsp3) is 0.235. The molecule has 1 N–H and O–H groups in total. The summed E-state index contributed by atoms with van der Waals surface area (Å²) in [7, 11) is 0. The van der Waals surface area contributed by atoms with Crippen molar-refractivity contribution in [2.75, 3.05) is 0 Å². The average Bonchev–Trinajstić information content (AvgIpc) is 2.80. The third-order valence-electron chi connectivity index (χ3n) is 4.56. The number of fused-ring (bicyclic) bond motifs is 1. The Morgan fingerprint density at radius 3 is 2.82 bits per heavy atom. The fourth-order valence-electron chi connectivity index (χ4n) is 3.47. The fourth-order valence-corrected chi connectivity index (χ4v) is 3.47. The molecule has 1 saturated heterocycles. The van der Waals surface area contributed by atoms with Gasteiger partial charge in [0.05, 0.1) is 0 Å². The number of hydrogen-bond acceptors (Lipinski definition) is 3. The molecule has 2 bridgehead atoms. The highest BCUT2D eigenvalue weighted by Gasteiger charge is 2.44. The lowest BCUT2D eigenvalue weighted by Gasteiger charge is -2.31. The Balaban J connectivity index is 1.76. The highest BCUT2D eigenvalue weighted by molar-refractivity contribution is 6.09. The van der Waals surface area contributed by atoms with E-state index < -0.39 is 11.9 Å². The van der Waals surface area contributed by atoms with Crippen LogP contribution in [-0.4, -0.2) is 28.7 Å². The van der Waals surface area contributed by atoms with Gasteiger partial charge in [0.2, 0.25) is 11.8 Å². The largest absolute Gasteiger partial charge is 0.296 e. The lowest BCUT2D eigenvalue weighted by Crippen LogP contribution is -2.52. The Morgan fingerprint density at radius 2 is 2.09 bits per heavy atom. The quantitative estimate of drug-likeness (QED) is 0.780. The van der Waals surface area contributed by atoms with Gasteiger partial charge in [-0.25, -0.2) is 0 Å². The van der Waals surface area contributed by atoms with Crippen LogP contribution in [0.15, 0.2) is 58.9 Å². The first-order chi connectivity index (χ1) is 10.6. The number of carbonyl (C=O) groups is 3. The lowest BCUT2D eigenvalue weighted by molar-refractivity contribution is -0.141. The number of imide groups is 1. The average molecular weight is 294 g/mol. The minimum absolute atomic E-state index is 0.163. The van der Waals surface area contributed by atoms with E-state index in [1.54, 1.807) is 11.0 Å². The van der Waals surface area contributed by atoms with Crippen LogP contribution in [0, 0.1) is 0 Å². The second-order valence-electron chi connectivity index (χ2n) is 5.76. The van der Waals surface area contributed by atoms with Crippen LogP contribution in [0.5, 0.6) is 0 Å². The van der Waals surface area contributed by atoms with Crippen molar-refractivity contribution in [2.24, 2.45) is 0 Å².